The van der Waals surface area contributed by atoms with E-state index in [1.54, 1.807) is 0 Å². The Morgan fingerprint density at radius 1 is 1.22 bits per heavy atom. The van der Waals surface area contributed by atoms with Crippen LogP contribution in [-0.2, 0) is 9.47 Å². The Balaban J connectivity index is 2.00. The third kappa shape index (κ3) is 0.851. The highest BCUT2D eigenvalue weighted by Gasteiger charge is 2.84. The Morgan fingerprint density at radius 3 is 2.67 bits per heavy atom. The van der Waals surface area contributed by atoms with Gasteiger partial charge < -0.3 is 14.6 Å². The van der Waals surface area contributed by atoms with Crippen LogP contribution in [0.2, 0.25) is 0 Å². The molecule has 3 nitrogen and oxygen atoms in total. The van der Waals surface area contributed by atoms with Crippen molar-refractivity contribution in [2.45, 2.75) is 64.4 Å². The molecule has 0 radical (unpaired) electrons. The number of rotatable bonds is 0. The van der Waals surface area contributed by atoms with Crippen LogP contribution in [0.3, 0.4) is 0 Å². The Labute approximate surface area is 108 Å². The zero-order valence-electron chi connectivity index (χ0n) is 11.7. The summed E-state index contributed by atoms with van der Waals surface area (Å²) in [5.74, 6) is -1.02. The standard InChI is InChI=1S/C15H22O3/c1-9-7-11-15(18-11)12(2,3)5-6-14(16)13(15,4)10(9)8-17-14/h11,16H,5-8H2,1-4H3/t11-,13-,14-,15+/m0/s1. The van der Waals surface area contributed by atoms with Gasteiger partial charge in [0.25, 0.3) is 0 Å². The minimum absolute atomic E-state index is 0.109. The second-order valence-electron chi connectivity index (χ2n) is 7.39. The zero-order valence-corrected chi connectivity index (χ0v) is 11.7. The van der Waals surface area contributed by atoms with Crippen molar-refractivity contribution in [3.63, 3.8) is 0 Å². The highest BCUT2D eigenvalue weighted by atomic mass is 16.7. The molecule has 2 heterocycles. The SMILES string of the molecule is CC1=C2CO[C@@]3(O)CCC(C)(C)[C@@]4(O[C@H]4C1)[C@@]23C. The number of aliphatic hydroxyl groups is 1. The second kappa shape index (κ2) is 2.72. The lowest BCUT2D eigenvalue weighted by molar-refractivity contribution is -0.272. The molecule has 100 valence electrons. The van der Waals surface area contributed by atoms with Gasteiger partial charge in [-0.1, -0.05) is 19.4 Å². The lowest BCUT2D eigenvalue weighted by Crippen LogP contribution is -2.64. The summed E-state index contributed by atoms with van der Waals surface area (Å²) < 4.78 is 12.1. The van der Waals surface area contributed by atoms with E-state index < -0.39 is 5.79 Å². The number of hydrogen-bond acceptors (Lipinski definition) is 3. The molecule has 0 bridgehead atoms. The molecule has 1 spiro atoms. The van der Waals surface area contributed by atoms with Crippen LogP contribution in [0.1, 0.15) is 47.0 Å². The molecule has 2 aliphatic heterocycles. The molecule has 0 aromatic heterocycles. The third-order valence-electron chi connectivity index (χ3n) is 6.41. The molecule has 4 aliphatic rings. The van der Waals surface area contributed by atoms with Gasteiger partial charge in [0.2, 0.25) is 0 Å². The molecule has 0 aromatic rings. The van der Waals surface area contributed by atoms with Crippen LogP contribution < -0.4 is 0 Å². The fourth-order valence-corrected chi connectivity index (χ4v) is 5.26. The Kier molecular flexibility index (Phi) is 1.73. The average molecular weight is 250 g/mol. The summed E-state index contributed by atoms with van der Waals surface area (Å²) in [6.45, 7) is 9.48. The van der Waals surface area contributed by atoms with E-state index >= 15 is 0 Å². The molecule has 3 heteroatoms. The molecule has 2 aliphatic carbocycles. The van der Waals surface area contributed by atoms with Crippen molar-refractivity contribution >= 4 is 0 Å². The van der Waals surface area contributed by atoms with Crippen molar-refractivity contribution in [2.24, 2.45) is 10.8 Å². The van der Waals surface area contributed by atoms with Crippen LogP contribution in [0.4, 0.5) is 0 Å². The molecule has 1 N–H and O–H groups in total. The molecular weight excluding hydrogens is 228 g/mol. The maximum atomic E-state index is 11.0. The molecule has 0 aromatic carbocycles. The Hall–Kier alpha value is -0.380. The van der Waals surface area contributed by atoms with Crippen LogP contribution >= 0.6 is 0 Å². The quantitative estimate of drug-likeness (QED) is 0.530. The van der Waals surface area contributed by atoms with E-state index in [1.165, 1.54) is 11.1 Å². The van der Waals surface area contributed by atoms with Gasteiger partial charge in [-0.25, -0.2) is 0 Å². The first-order valence-electron chi connectivity index (χ1n) is 7.02. The van der Waals surface area contributed by atoms with Crippen molar-refractivity contribution in [2.75, 3.05) is 6.61 Å². The maximum absolute atomic E-state index is 11.0. The van der Waals surface area contributed by atoms with E-state index in [2.05, 4.69) is 27.7 Å². The normalized spacial score (nSPS) is 56.2. The summed E-state index contributed by atoms with van der Waals surface area (Å²) >= 11 is 0. The van der Waals surface area contributed by atoms with Crippen molar-refractivity contribution < 1.29 is 14.6 Å². The van der Waals surface area contributed by atoms with Crippen molar-refractivity contribution in [1.29, 1.82) is 0 Å². The van der Waals surface area contributed by atoms with Gasteiger partial charge in [0.15, 0.2) is 5.79 Å². The van der Waals surface area contributed by atoms with Crippen molar-refractivity contribution in [3.8, 4) is 0 Å². The summed E-state index contributed by atoms with van der Waals surface area (Å²) in [6, 6.07) is 0. The molecule has 0 amide bonds. The van der Waals surface area contributed by atoms with E-state index in [0.29, 0.717) is 13.0 Å². The topological polar surface area (TPSA) is 42.0 Å². The van der Waals surface area contributed by atoms with Crippen LogP contribution in [0.5, 0.6) is 0 Å². The molecular formula is C15H22O3. The molecule has 4 rings (SSSR count). The minimum Gasteiger partial charge on any atom is -0.365 e. The summed E-state index contributed by atoms with van der Waals surface area (Å²) in [4.78, 5) is 0. The minimum atomic E-state index is -1.02. The smallest absolute Gasteiger partial charge is 0.178 e. The van der Waals surface area contributed by atoms with Gasteiger partial charge >= 0.3 is 0 Å². The van der Waals surface area contributed by atoms with E-state index in [-0.39, 0.29) is 22.5 Å². The third-order valence-corrected chi connectivity index (χ3v) is 6.41. The summed E-state index contributed by atoms with van der Waals surface area (Å²) in [5, 5.41) is 11.0. The first kappa shape index (κ1) is 11.4. The number of epoxide rings is 1. The zero-order chi connectivity index (χ0) is 13.0. The average Bonchev–Trinajstić information content (AvgIpc) is 2.94. The van der Waals surface area contributed by atoms with Gasteiger partial charge in [0.05, 0.1) is 18.1 Å². The van der Waals surface area contributed by atoms with E-state index in [1.807, 2.05) is 0 Å². The summed E-state index contributed by atoms with van der Waals surface area (Å²) in [6.07, 6.45) is 2.95. The van der Waals surface area contributed by atoms with E-state index in [0.717, 1.165) is 12.8 Å². The molecule has 3 fully saturated rings. The Bertz CT molecular complexity index is 480. The first-order valence-corrected chi connectivity index (χ1v) is 7.02. The van der Waals surface area contributed by atoms with Crippen molar-refractivity contribution in [1.82, 2.24) is 0 Å². The fraction of sp³-hybridized carbons (Fsp3) is 0.867. The van der Waals surface area contributed by atoms with Gasteiger partial charge in [-0.2, -0.15) is 0 Å². The molecule has 18 heavy (non-hydrogen) atoms. The summed E-state index contributed by atoms with van der Waals surface area (Å²) in [5.41, 5.74) is 2.21. The molecule has 4 atom stereocenters. The second-order valence-corrected chi connectivity index (χ2v) is 7.39. The lowest BCUT2D eigenvalue weighted by Gasteiger charge is -2.55. The van der Waals surface area contributed by atoms with Crippen LogP contribution in [0.15, 0.2) is 11.1 Å². The monoisotopic (exact) mass is 250 g/mol. The lowest BCUT2D eigenvalue weighted by atomic mass is 9.48. The Morgan fingerprint density at radius 2 is 1.94 bits per heavy atom. The van der Waals surface area contributed by atoms with Gasteiger partial charge in [0, 0.05) is 6.42 Å². The molecule has 0 unspecified atom stereocenters. The van der Waals surface area contributed by atoms with Gasteiger partial charge in [-0.05, 0) is 37.7 Å². The van der Waals surface area contributed by atoms with Crippen molar-refractivity contribution in [3.05, 3.63) is 11.1 Å². The predicted molar refractivity (Wildman–Crippen MR) is 66.9 cm³/mol. The predicted octanol–water partition coefficient (Wildman–Crippen LogP) is 2.39. The van der Waals surface area contributed by atoms with Crippen LogP contribution in [0, 0.1) is 10.8 Å². The van der Waals surface area contributed by atoms with Gasteiger partial charge in [-0.3, -0.25) is 0 Å². The maximum Gasteiger partial charge on any atom is 0.178 e. The largest absolute Gasteiger partial charge is 0.365 e. The summed E-state index contributed by atoms with van der Waals surface area (Å²) in [7, 11) is 0. The number of hydrogen-bond donors (Lipinski definition) is 1. The van der Waals surface area contributed by atoms with Crippen LogP contribution in [0.25, 0.3) is 0 Å². The molecule has 2 saturated heterocycles. The molecule has 1 saturated carbocycles. The van der Waals surface area contributed by atoms with Gasteiger partial charge in [0.1, 0.15) is 5.60 Å². The highest BCUT2D eigenvalue weighted by molar-refractivity contribution is 5.45. The van der Waals surface area contributed by atoms with E-state index in [9.17, 15) is 5.11 Å². The first-order chi connectivity index (χ1) is 8.29. The van der Waals surface area contributed by atoms with Crippen LogP contribution in [-0.4, -0.2) is 29.2 Å². The van der Waals surface area contributed by atoms with E-state index in [4.69, 9.17) is 9.47 Å². The fourth-order valence-electron chi connectivity index (χ4n) is 5.26. The number of ether oxygens (including phenoxy) is 2. The highest BCUT2D eigenvalue weighted by Crippen LogP contribution is 2.76. The van der Waals surface area contributed by atoms with Gasteiger partial charge in [-0.15, -0.1) is 0 Å².